The molecule has 0 saturated heterocycles. The van der Waals surface area contributed by atoms with Crippen molar-refractivity contribution in [2.45, 2.75) is 39.0 Å². The van der Waals surface area contributed by atoms with Crippen LogP contribution in [0.1, 0.15) is 48.7 Å². The lowest BCUT2D eigenvalue weighted by Crippen LogP contribution is -1.95. The molecule has 0 amide bonds. The van der Waals surface area contributed by atoms with Gasteiger partial charge in [-0.3, -0.25) is 4.79 Å². The monoisotopic (exact) mass is 264 g/mol. The Morgan fingerprint density at radius 1 is 1.22 bits per heavy atom. The molecule has 2 rings (SSSR count). The molecule has 0 saturated carbocycles. The van der Waals surface area contributed by atoms with Crippen molar-refractivity contribution >= 4 is 27.2 Å². The van der Waals surface area contributed by atoms with Gasteiger partial charge in [0.05, 0.1) is 4.88 Å². The second-order valence-corrected chi connectivity index (χ2v) is 5.61. The Kier molecular flexibility index (Phi) is 4.48. The van der Waals surface area contributed by atoms with Crippen LogP contribution in [-0.4, -0.2) is 5.78 Å². The molecule has 1 heterocycles. The Bertz CT molecular complexity index is 544. The fourth-order valence-corrected chi connectivity index (χ4v) is 3.03. The summed E-state index contributed by atoms with van der Waals surface area (Å²) in [5.74, 6) is -0.0565. The molecule has 1 nitrogen and oxygen atoms in total. The Balaban J connectivity index is 2.04. The molecule has 0 aliphatic rings. The summed E-state index contributed by atoms with van der Waals surface area (Å²) in [6, 6.07) is 6.54. The molecule has 18 heavy (non-hydrogen) atoms. The van der Waals surface area contributed by atoms with Crippen LogP contribution < -0.4 is 0 Å². The van der Waals surface area contributed by atoms with Crippen molar-refractivity contribution in [1.29, 1.82) is 0 Å². The molecule has 0 unspecified atom stereocenters. The van der Waals surface area contributed by atoms with Gasteiger partial charge < -0.3 is 0 Å². The van der Waals surface area contributed by atoms with Crippen LogP contribution in [0.4, 0.5) is 4.39 Å². The summed E-state index contributed by atoms with van der Waals surface area (Å²) < 4.78 is 13.9. The van der Waals surface area contributed by atoms with E-state index < -0.39 is 0 Å². The topological polar surface area (TPSA) is 17.1 Å². The van der Waals surface area contributed by atoms with Crippen molar-refractivity contribution in [2.24, 2.45) is 0 Å². The van der Waals surface area contributed by atoms with Crippen LogP contribution in [0.25, 0.3) is 10.1 Å². The fourth-order valence-electron chi connectivity index (χ4n) is 1.98. The number of hydrogen-bond donors (Lipinski definition) is 0. The van der Waals surface area contributed by atoms with Gasteiger partial charge in [-0.1, -0.05) is 32.3 Å². The molecular weight excluding hydrogens is 247 g/mol. The van der Waals surface area contributed by atoms with Crippen LogP contribution in [-0.2, 0) is 0 Å². The van der Waals surface area contributed by atoms with E-state index in [2.05, 4.69) is 6.92 Å². The molecule has 0 aliphatic carbocycles. The van der Waals surface area contributed by atoms with Crippen LogP contribution in [0.2, 0.25) is 0 Å². The molecular formula is C15H17FOS. The van der Waals surface area contributed by atoms with Gasteiger partial charge in [-0.25, -0.2) is 4.39 Å². The molecule has 1 aromatic heterocycles. The summed E-state index contributed by atoms with van der Waals surface area (Å²) in [6.45, 7) is 2.16. The summed E-state index contributed by atoms with van der Waals surface area (Å²) >= 11 is 1.39. The van der Waals surface area contributed by atoms with E-state index in [1.807, 2.05) is 6.07 Å². The number of hydrogen-bond acceptors (Lipinski definition) is 2. The van der Waals surface area contributed by atoms with E-state index in [4.69, 9.17) is 0 Å². The lowest BCUT2D eigenvalue weighted by molar-refractivity contribution is 0.0983. The maximum atomic E-state index is 13.1. The second-order valence-electron chi connectivity index (χ2n) is 4.53. The van der Waals surface area contributed by atoms with Crippen LogP contribution >= 0.6 is 11.3 Å². The van der Waals surface area contributed by atoms with Crippen molar-refractivity contribution in [1.82, 2.24) is 0 Å². The molecule has 96 valence electrons. The molecule has 0 atom stereocenters. The van der Waals surface area contributed by atoms with Gasteiger partial charge in [-0.2, -0.15) is 0 Å². The smallest absolute Gasteiger partial charge is 0.172 e. The minimum Gasteiger partial charge on any atom is -0.293 e. The Morgan fingerprint density at radius 3 is 2.83 bits per heavy atom. The van der Waals surface area contributed by atoms with Crippen molar-refractivity contribution in [2.75, 3.05) is 0 Å². The average Bonchev–Trinajstić information content (AvgIpc) is 2.77. The number of fused-ring (bicyclic) bond motifs is 1. The summed E-state index contributed by atoms with van der Waals surface area (Å²) in [7, 11) is 0. The largest absolute Gasteiger partial charge is 0.293 e. The average molecular weight is 264 g/mol. The fraction of sp³-hybridized carbons (Fsp3) is 0.400. The van der Waals surface area contributed by atoms with Gasteiger partial charge >= 0.3 is 0 Å². The number of thiophene rings is 1. The van der Waals surface area contributed by atoms with E-state index in [9.17, 15) is 9.18 Å². The maximum Gasteiger partial charge on any atom is 0.172 e. The first-order valence-corrected chi connectivity index (χ1v) is 7.24. The van der Waals surface area contributed by atoms with Gasteiger partial charge in [0.2, 0.25) is 0 Å². The quantitative estimate of drug-likeness (QED) is 0.518. The molecule has 2 aromatic rings. The number of carbonyl (C=O) groups excluding carboxylic acids is 1. The summed E-state index contributed by atoms with van der Waals surface area (Å²) in [5.41, 5.74) is 0. The molecule has 3 heteroatoms. The number of benzene rings is 1. The standard InChI is InChI=1S/C15H17FOS/c1-2-3-4-5-6-13(17)15-9-11-7-8-12(16)10-14(11)18-15/h7-10H,2-6H2,1H3. The highest BCUT2D eigenvalue weighted by molar-refractivity contribution is 7.20. The van der Waals surface area contributed by atoms with E-state index in [1.54, 1.807) is 6.07 Å². The highest BCUT2D eigenvalue weighted by Crippen LogP contribution is 2.27. The Labute approximate surface area is 111 Å². The van der Waals surface area contributed by atoms with E-state index in [-0.39, 0.29) is 11.6 Å². The highest BCUT2D eigenvalue weighted by atomic mass is 32.1. The highest BCUT2D eigenvalue weighted by Gasteiger charge is 2.10. The number of unbranched alkanes of at least 4 members (excludes halogenated alkanes) is 3. The molecule has 0 radical (unpaired) electrons. The van der Waals surface area contributed by atoms with Gasteiger partial charge in [0, 0.05) is 11.1 Å². The predicted octanol–water partition coefficient (Wildman–Crippen LogP) is 5.19. The molecule has 1 aromatic carbocycles. The number of carbonyl (C=O) groups is 1. The number of ketones is 1. The minimum atomic E-state index is -0.244. The van der Waals surface area contributed by atoms with Crippen molar-refractivity contribution in [3.63, 3.8) is 0 Å². The first-order valence-electron chi connectivity index (χ1n) is 6.43. The van der Waals surface area contributed by atoms with Crippen LogP contribution in [0, 0.1) is 5.82 Å². The first kappa shape index (κ1) is 13.2. The molecule has 0 spiro atoms. The maximum absolute atomic E-state index is 13.1. The molecule has 0 fully saturated rings. The van der Waals surface area contributed by atoms with Crippen molar-refractivity contribution in [3.05, 3.63) is 35.0 Å². The summed E-state index contributed by atoms with van der Waals surface area (Å²) in [6.07, 6.45) is 5.04. The van der Waals surface area contributed by atoms with Gasteiger partial charge in [0.25, 0.3) is 0 Å². The van der Waals surface area contributed by atoms with Crippen LogP contribution in [0.15, 0.2) is 24.3 Å². The zero-order chi connectivity index (χ0) is 13.0. The third-order valence-corrected chi connectivity index (χ3v) is 4.15. The summed E-state index contributed by atoms with van der Waals surface area (Å²) in [5, 5.41) is 0.957. The van der Waals surface area contributed by atoms with Crippen LogP contribution in [0.5, 0.6) is 0 Å². The zero-order valence-electron chi connectivity index (χ0n) is 10.5. The van der Waals surface area contributed by atoms with Crippen molar-refractivity contribution < 1.29 is 9.18 Å². The van der Waals surface area contributed by atoms with E-state index in [1.165, 1.54) is 36.3 Å². The second kappa shape index (κ2) is 6.10. The van der Waals surface area contributed by atoms with E-state index >= 15 is 0 Å². The third kappa shape index (κ3) is 3.16. The first-order chi connectivity index (χ1) is 8.70. The third-order valence-electron chi connectivity index (χ3n) is 3.01. The lowest BCUT2D eigenvalue weighted by atomic mass is 10.1. The van der Waals surface area contributed by atoms with E-state index in [0.29, 0.717) is 6.42 Å². The SMILES string of the molecule is CCCCCCC(=O)c1cc2ccc(F)cc2s1. The van der Waals surface area contributed by atoms with Gasteiger partial charge in [0.15, 0.2) is 5.78 Å². The predicted molar refractivity (Wildman–Crippen MR) is 74.9 cm³/mol. The number of halogens is 1. The summed E-state index contributed by atoms with van der Waals surface area (Å²) in [4.78, 5) is 12.7. The Morgan fingerprint density at radius 2 is 2.06 bits per heavy atom. The lowest BCUT2D eigenvalue weighted by Gasteiger charge is -1.97. The molecule has 0 N–H and O–H groups in total. The molecule has 0 bridgehead atoms. The van der Waals surface area contributed by atoms with Gasteiger partial charge in [-0.05, 0) is 30.0 Å². The van der Waals surface area contributed by atoms with Crippen LogP contribution in [0.3, 0.4) is 0 Å². The number of Topliss-reactive ketones (excluding diaryl/α,β-unsaturated/α-hetero) is 1. The minimum absolute atomic E-state index is 0.188. The van der Waals surface area contributed by atoms with Crippen molar-refractivity contribution in [3.8, 4) is 0 Å². The zero-order valence-corrected chi connectivity index (χ0v) is 11.4. The van der Waals surface area contributed by atoms with Gasteiger partial charge in [-0.15, -0.1) is 11.3 Å². The van der Waals surface area contributed by atoms with E-state index in [0.717, 1.165) is 27.8 Å². The number of rotatable bonds is 6. The van der Waals surface area contributed by atoms with Gasteiger partial charge in [0.1, 0.15) is 5.82 Å². The Hall–Kier alpha value is -1.22. The normalized spacial score (nSPS) is 11.0. The molecule has 0 aliphatic heterocycles.